The normalized spacial score (nSPS) is 12.7. The Bertz CT molecular complexity index is 1420. The Morgan fingerprint density at radius 1 is 0.743 bits per heavy atom. The van der Waals surface area contributed by atoms with Crippen molar-refractivity contribution in [2.45, 2.75) is 18.9 Å². The minimum absolute atomic E-state index is 0.0559. The molecule has 0 atom stereocenters. The van der Waals surface area contributed by atoms with Crippen LogP contribution in [-0.2, 0) is 18.9 Å². The van der Waals surface area contributed by atoms with E-state index >= 15 is 0 Å². The fraction of sp³-hybridized carbons (Fsp3) is 0.130. The molecule has 1 aromatic heterocycles. The maximum absolute atomic E-state index is 13.1. The molecule has 0 aliphatic carbocycles. The molecule has 0 fully saturated rings. The number of azo groups is 1. The summed E-state index contributed by atoms with van der Waals surface area (Å²) in [5.74, 6) is -0.411. The summed E-state index contributed by atoms with van der Waals surface area (Å²) in [7, 11) is 0. The molecule has 0 spiro atoms. The minimum Gasteiger partial charge on any atom is -0.493 e. The Hall–Kier alpha value is -3.24. The predicted molar refractivity (Wildman–Crippen MR) is 120 cm³/mol. The van der Waals surface area contributed by atoms with E-state index in [1.807, 2.05) is 0 Å². The van der Waals surface area contributed by atoms with Gasteiger partial charge in [-0.3, -0.25) is 0 Å². The van der Waals surface area contributed by atoms with Gasteiger partial charge >= 0.3 is 12.4 Å². The van der Waals surface area contributed by atoms with Crippen LogP contribution in [0.4, 0.5) is 37.7 Å². The number of benzene rings is 3. The molecule has 0 aliphatic rings. The Balaban J connectivity index is 1.76. The van der Waals surface area contributed by atoms with Gasteiger partial charge in [0.1, 0.15) is 5.69 Å². The van der Waals surface area contributed by atoms with Crippen LogP contribution in [0.5, 0.6) is 5.88 Å². The smallest absolute Gasteiger partial charge is 0.416 e. The molecule has 4 nitrogen and oxygen atoms in total. The van der Waals surface area contributed by atoms with E-state index in [2.05, 4.69) is 10.2 Å². The summed E-state index contributed by atoms with van der Waals surface area (Å²) in [5, 5.41) is 18.3. The first-order valence-electron chi connectivity index (χ1n) is 9.80. The first-order valence-corrected chi connectivity index (χ1v) is 10.6. The lowest BCUT2D eigenvalue weighted by atomic mass is 10.1. The van der Waals surface area contributed by atoms with Crippen molar-refractivity contribution < 1.29 is 31.4 Å². The second-order valence-electron chi connectivity index (χ2n) is 7.46. The first kappa shape index (κ1) is 24.9. The second-order valence-corrected chi connectivity index (χ2v) is 8.27. The lowest BCUT2D eigenvalue weighted by Gasteiger charge is -2.11. The maximum Gasteiger partial charge on any atom is 0.416 e. The van der Waals surface area contributed by atoms with Crippen LogP contribution in [0, 0.1) is 0 Å². The number of rotatable bonds is 4. The van der Waals surface area contributed by atoms with Crippen molar-refractivity contribution in [2.75, 3.05) is 0 Å². The van der Waals surface area contributed by atoms with Crippen molar-refractivity contribution in [2.24, 2.45) is 10.2 Å². The van der Waals surface area contributed by atoms with Crippen LogP contribution in [0.25, 0.3) is 10.9 Å². The highest BCUT2D eigenvalue weighted by Crippen LogP contribution is 2.43. The number of fused-ring (bicyclic) bond motifs is 1. The van der Waals surface area contributed by atoms with Crippen molar-refractivity contribution in [1.29, 1.82) is 0 Å². The molecule has 0 radical (unpaired) electrons. The van der Waals surface area contributed by atoms with E-state index < -0.39 is 39.4 Å². The third-order valence-electron chi connectivity index (χ3n) is 5.11. The largest absolute Gasteiger partial charge is 0.493 e. The van der Waals surface area contributed by atoms with Gasteiger partial charge in [0, 0.05) is 5.39 Å². The summed E-state index contributed by atoms with van der Waals surface area (Å²) in [6.45, 7) is -0.117. The monoisotopic (exact) mass is 531 g/mol. The summed E-state index contributed by atoms with van der Waals surface area (Å²) >= 11 is 11.9. The summed E-state index contributed by atoms with van der Waals surface area (Å²) in [6, 6.07) is 12.5. The highest BCUT2D eigenvalue weighted by molar-refractivity contribution is 6.38. The van der Waals surface area contributed by atoms with Gasteiger partial charge in [-0.05, 0) is 35.9 Å². The van der Waals surface area contributed by atoms with Crippen LogP contribution in [0.3, 0.4) is 0 Å². The summed E-state index contributed by atoms with van der Waals surface area (Å²) in [6.07, 6.45) is -9.20. The van der Waals surface area contributed by atoms with Gasteiger partial charge in [-0.25, -0.2) is 0 Å². The number of nitrogens with zero attached hydrogens (tertiary/aromatic N) is 3. The Kier molecular flexibility index (Phi) is 6.46. The molecular formula is C23H13Cl2F6N3O. The van der Waals surface area contributed by atoms with Crippen LogP contribution in [0.2, 0.25) is 10.0 Å². The Morgan fingerprint density at radius 3 is 1.97 bits per heavy atom. The van der Waals surface area contributed by atoms with Crippen molar-refractivity contribution in [3.05, 3.63) is 87.4 Å². The van der Waals surface area contributed by atoms with Crippen LogP contribution >= 0.6 is 23.2 Å². The Morgan fingerprint density at radius 2 is 1.34 bits per heavy atom. The molecule has 35 heavy (non-hydrogen) atoms. The van der Waals surface area contributed by atoms with Gasteiger partial charge in [0.25, 0.3) is 0 Å². The average molecular weight is 532 g/mol. The molecule has 0 aliphatic heterocycles. The van der Waals surface area contributed by atoms with Crippen LogP contribution < -0.4 is 0 Å². The zero-order chi connectivity index (χ0) is 25.5. The van der Waals surface area contributed by atoms with Gasteiger partial charge in [0.05, 0.1) is 33.2 Å². The zero-order valence-electron chi connectivity index (χ0n) is 17.3. The molecular weight excluding hydrogens is 519 g/mol. The molecule has 1 N–H and O–H groups in total. The van der Waals surface area contributed by atoms with Gasteiger partial charge in [0.2, 0.25) is 5.88 Å². The van der Waals surface area contributed by atoms with Crippen LogP contribution in [0.15, 0.2) is 70.9 Å². The van der Waals surface area contributed by atoms with Gasteiger partial charge in [-0.15, -0.1) is 10.2 Å². The zero-order valence-corrected chi connectivity index (χ0v) is 18.8. The summed E-state index contributed by atoms with van der Waals surface area (Å²) in [5.41, 5.74) is -1.48. The van der Waals surface area contributed by atoms with Crippen molar-refractivity contribution >= 4 is 45.5 Å². The number of hydrogen-bond acceptors (Lipinski definition) is 3. The van der Waals surface area contributed by atoms with E-state index in [0.717, 1.165) is 12.1 Å². The molecule has 4 aromatic rings. The lowest BCUT2D eigenvalue weighted by Crippen LogP contribution is -2.06. The van der Waals surface area contributed by atoms with E-state index in [4.69, 9.17) is 23.2 Å². The number of para-hydroxylation sites is 1. The fourth-order valence-electron chi connectivity index (χ4n) is 3.48. The molecule has 3 aromatic carbocycles. The van der Waals surface area contributed by atoms with Crippen molar-refractivity contribution in [1.82, 2.24) is 4.57 Å². The molecule has 0 amide bonds. The number of aromatic hydroxyl groups is 1. The maximum atomic E-state index is 13.1. The van der Waals surface area contributed by atoms with Crippen LogP contribution in [0.1, 0.15) is 16.7 Å². The summed E-state index contributed by atoms with van der Waals surface area (Å²) in [4.78, 5) is 0. The number of halogens is 8. The highest BCUT2D eigenvalue weighted by atomic mass is 35.5. The fourth-order valence-corrected chi connectivity index (χ4v) is 4.05. The highest BCUT2D eigenvalue weighted by Gasteiger charge is 2.32. The molecule has 4 rings (SSSR count). The summed E-state index contributed by atoms with van der Waals surface area (Å²) < 4.78 is 79.5. The molecule has 0 saturated carbocycles. The predicted octanol–water partition coefficient (Wildman–Crippen LogP) is 9.15. The molecule has 1 heterocycles. The minimum atomic E-state index is -4.67. The van der Waals surface area contributed by atoms with Gasteiger partial charge < -0.3 is 9.67 Å². The molecule has 182 valence electrons. The quantitative estimate of drug-likeness (QED) is 0.207. The van der Waals surface area contributed by atoms with Crippen LogP contribution in [-0.4, -0.2) is 9.67 Å². The van der Waals surface area contributed by atoms with E-state index in [9.17, 15) is 31.4 Å². The number of aromatic nitrogens is 1. The number of alkyl halides is 6. The molecule has 0 unspecified atom stereocenters. The Labute approximate surface area is 204 Å². The molecule has 12 heteroatoms. The molecule has 0 bridgehead atoms. The van der Waals surface area contributed by atoms with Gasteiger partial charge in [0.15, 0.2) is 5.69 Å². The molecule has 0 saturated heterocycles. The van der Waals surface area contributed by atoms with E-state index in [-0.39, 0.29) is 23.5 Å². The first-order chi connectivity index (χ1) is 16.4. The van der Waals surface area contributed by atoms with Gasteiger partial charge in [-0.1, -0.05) is 53.5 Å². The third kappa shape index (κ3) is 5.08. The van der Waals surface area contributed by atoms with E-state index in [1.165, 1.54) is 16.7 Å². The van der Waals surface area contributed by atoms with E-state index in [0.29, 0.717) is 23.0 Å². The van der Waals surface area contributed by atoms with E-state index in [1.54, 1.807) is 24.3 Å². The second kappa shape index (κ2) is 9.09. The lowest BCUT2D eigenvalue weighted by molar-refractivity contribution is -0.138. The average Bonchev–Trinajstić information content (AvgIpc) is 3.03. The van der Waals surface area contributed by atoms with Gasteiger partial charge in [-0.2, -0.15) is 26.3 Å². The third-order valence-corrected chi connectivity index (χ3v) is 5.68. The number of hydrogen-bond donors (Lipinski definition) is 1. The van der Waals surface area contributed by atoms with Crippen molar-refractivity contribution in [3.63, 3.8) is 0 Å². The van der Waals surface area contributed by atoms with Crippen molar-refractivity contribution in [3.8, 4) is 5.88 Å². The standard InChI is InChI=1S/C23H13Cl2F6N3O/c24-16-9-14(23(29,30)31)10-17(25)20(16)33-32-19-15-6-1-2-7-18(15)34(21(19)35)11-12-4-3-5-13(8-12)22(26,27)28/h1-10,35H,11H2. The topological polar surface area (TPSA) is 49.9 Å². The SMILES string of the molecule is Oc1c(N=Nc2c(Cl)cc(C(F)(F)F)cc2Cl)c2ccccc2n1Cc1cccc(C(F)(F)F)c1.